The van der Waals surface area contributed by atoms with Crippen LogP contribution in [0.3, 0.4) is 0 Å². The molecule has 2 aromatic heterocycles. The van der Waals surface area contributed by atoms with Crippen molar-refractivity contribution in [1.29, 1.82) is 0 Å². The number of nitrogens with two attached hydrogens (primary N) is 1. The standard InChI is InChI=1S/C22H28F4N8O2/c23-18-19(28-8-14-4-5-33(10-16(14)35)11-17(27)36)31-12-32-20(18)34(15-2-1-3-15)9-13-6-29-21(30-7-13)22(24,25)26/h6-7,12,14-16,35H,1-5,8-11H2,(H2,27,36)(H,28,31,32)/t14-,16-/m1/s1. The Labute approximate surface area is 204 Å². The van der Waals surface area contributed by atoms with Gasteiger partial charge in [-0.1, -0.05) is 0 Å². The Bertz CT molecular complexity index is 1050. The van der Waals surface area contributed by atoms with Crippen LogP contribution >= 0.6 is 0 Å². The molecule has 1 aliphatic heterocycles. The number of anilines is 2. The van der Waals surface area contributed by atoms with Crippen molar-refractivity contribution < 1.29 is 27.5 Å². The normalized spacial score (nSPS) is 21.1. The molecular formula is C22H28F4N8O2. The van der Waals surface area contributed by atoms with Crippen molar-refractivity contribution in [3.05, 3.63) is 35.9 Å². The molecule has 0 bridgehead atoms. The van der Waals surface area contributed by atoms with Gasteiger partial charge in [0, 0.05) is 49.6 Å². The summed E-state index contributed by atoms with van der Waals surface area (Å²) in [6, 6.07) is -0.0269. The summed E-state index contributed by atoms with van der Waals surface area (Å²) in [4.78, 5) is 29.5. The van der Waals surface area contributed by atoms with E-state index in [1.165, 1.54) is 6.33 Å². The lowest BCUT2D eigenvalue weighted by Crippen LogP contribution is -2.48. The minimum atomic E-state index is -4.64. The molecule has 1 aliphatic carbocycles. The zero-order valence-corrected chi connectivity index (χ0v) is 19.5. The topological polar surface area (TPSA) is 133 Å². The van der Waals surface area contributed by atoms with Crippen molar-refractivity contribution in [2.24, 2.45) is 11.7 Å². The van der Waals surface area contributed by atoms with E-state index < -0.39 is 29.8 Å². The molecule has 2 fully saturated rings. The van der Waals surface area contributed by atoms with Crippen LogP contribution in [-0.2, 0) is 17.5 Å². The van der Waals surface area contributed by atoms with Gasteiger partial charge in [0.1, 0.15) is 6.33 Å². The Balaban J connectivity index is 1.45. The van der Waals surface area contributed by atoms with E-state index >= 15 is 4.39 Å². The number of aliphatic hydroxyl groups excluding tert-OH is 1. The number of β-amino-alcohol motifs (C(OH)–C–C–N with tert-alkyl or cyclic N) is 1. The number of nitrogens with one attached hydrogen (secondary N) is 1. The average molecular weight is 513 g/mol. The van der Waals surface area contributed by atoms with Crippen molar-refractivity contribution in [2.75, 3.05) is 36.4 Å². The molecule has 36 heavy (non-hydrogen) atoms. The van der Waals surface area contributed by atoms with E-state index in [0.29, 0.717) is 18.5 Å². The van der Waals surface area contributed by atoms with Crippen LogP contribution in [0.25, 0.3) is 0 Å². The van der Waals surface area contributed by atoms with Gasteiger partial charge in [0.25, 0.3) is 0 Å². The number of primary amides is 1. The van der Waals surface area contributed by atoms with E-state index in [9.17, 15) is 23.1 Å². The molecule has 0 radical (unpaired) electrons. The molecule has 0 aromatic carbocycles. The maximum atomic E-state index is 15.5. The zero-order valence-electron chi connectivity index (χ0n) is 19.5. The Kier molecular flexibility index (Phi) is 7.83. The van der Waals surface area contributed by atoms with E-state index in [1.807, 2.05) is 0 Å². The van der Waals surface area contributed by atoms with Crippen LogP contribution in [0.5, 0.6) is 0 Å². The second-order valence-corrected chi connectivity index (χ2v) is 9.18. The first-order chi connectivity index (χ1) is 17.1. The molecule has 2 aromatic rings. The summed E-state index contributed by atoms with van der Waals surface area (Å²) in [5, 5.41) is 13.4. The molecule has 4 N–H and O–H groups in total. The minimum Gasteiger partial charge on any atom is -0.391 e. The average Bonchev–Trinajstić information content (AvgIpc) is 2.77. The summed E-state index contributed by atoms with van der Waals surface area (Å²) in [5.41, 5.74) is 5.61. The third kappa shape index (κ3) is 6.16. The minimum absolute atomic E-state index is 0.0269. The van der Waals surface area contributed by atoms with Crippen molar-refractivity contribution >= 4 is 17.5 Å². The maximum Gasteiger partial charge on any atom is 0.451 e. The largest absolute Gasteiger partial charge is 0.451 e. The number of hydrogen-bond donors (Lipinski definition) is 3. The van der Waals surface area contributed by atoms with Crippen LogP contribution in [0, 0.1) is 11.7 Å². The quantitative estimate of drug-likeness (QED) is 0.428. The first-order valence-electron chi connectivity index (χ1n) is 11.7. The third-order valence-electron chi connectivity index (χ3n) is 6.59. The monoisotopic (exact) mass is 512 g/mol. The number of rotatable bonds is 9. The summed E-state index contributed by atoms with van der Waals surface area (Å²) in [6.45, 7) is 1.29. The second kappa shape index (κ2) is 10.9. The molecule has 0 unspecified atom stereocenters. The Morgan fingerprint density at radius 2 is 1.92 bits per heavy atom. The van der Waals surface area contributed by atoms with Crippen LogP contribution < -0.4 is 16.0 Å². The first kappa shape index (κ1) is 25.9. The molecule has 1 amide bonds. The molecule has 2 atom stereocenters. The van der Waals surface area contributed by atoms with E-state index in [0.717, 1.165) is 31.7 Å². The van der Waals surface area contributed by atoms with Crippen molar-refractivity contribution in [3.8, 4) is 0 Å². The lowest BCUT2D eigenvalue weighted by Gasteiger charge is -2.38. The maximum absolute atomic E-state index is 15.5. The highest BCUT2D eigenvalue weighted by Crippen LogP contribution is 2.33. The summed E-state index contributed by atoms with van der Waals surface area (Å²) >= 11 is 0. The fourth-order valence-electron chi connectivity index (χ4n) is 4.41. The lowest BCUT2D eigenvalue weighted by atomic mass is 9.91. The Morgan fingerprint density at radius 1 is 1.19 bits per heavy atom. The molecule has 1 saturated heterocycles. The molecule has 196 valence electrons. The van der Waals surface area contributed by atoms with Crippen LogP contribution in [0.1, 0.15) is 37.1 Å². The van der Waals surface area contributed by atoms with Gasteiger partial charge in [-0.15, -0.1) is 0 Å². The first-order valence-corrected chi connectivity index (χ1v) is 11.7. The molecule has 2 aliphatic rings. The SMILES string of the molecule is NC(=O)CN1CC[C@H](CNc2ncnc(N(Cc3cnc(C(F)(F)F)nc3)C3CCC3)c2F)[C@H](O)C1. The number of likely N-dealkylation sites (tertiary alicyclic amines) is 1. The predicted molar refractivity (Wildman–Crippen MR) is 121 cm³/mol. The highest BCUT2D eigenvalue weighted by atomic mass is 19.4. The van der Waals surface area contributed by atoms with Gasteiger partial charge in [0.2, 0.25) is 17.5 Å². The molecule has 4 rings (SSSR count). The highest BCUT2D eigenvalue weighted by Gasteiger charge is 2.35. The van der Waals surface area contributed by atoms with Gasteiger partial charge in [0.05, 0.1) is 12.6 Å². The Hall–Kier alpha value is -3.13. The fourth-order valence-corrected chi connectivity index (χ4v) is 4.41. The number of halogens is 4. The number of aliphatic hydroxyl groups is 1. The summed E-state index contributed by atoms with van der Waals surface area (Å²) in [5.74, 6) is -2.55. The smallest absolute Gasteiger partial charge is 0.391 e. The predicted octanol–water partition coefficient (Wildman–Crippen LogP) is 1.56. The molecule has 3 heterocycles. The van der Waals surface area contributed by atoms with E-state index in [4.69, 9.17) is 5.73 Å². The molecule has 1 saturated carbocycles. The van der Waals surface area contributed by atoms with Crippen LogP contribution in [0.2, 0.25) is 0 Å². The number of amides is 1. The van der Waals surface area contributed by atoms with Crippen molar-refractivity contribution in [2.45, 2.75) is 50.6 Å². The molecule has 0 spiro atoms. The van der Waals surface area contributed by atoms with Gasteiger partial charge in [-0.05, 0) is 32.2 Å². The van der Waals surface area contributed by atoms with Crippen LogP contribution in [0.4, 0.5) is 29.2 Å². The van der Waals surface area contributed by atoms with Gasteiger partial charge in [0.15, 0.2) is 11.6 Å². The van der Waals surface area contributed by atoms with E-state index in [2.05, 4.69) is 25.3 Å². The van der Waals surface area contributed by atoms with Gasteiger partial charge in [-0.2, -0.15) is 17.6 Å². The number of alkyl halides is 3. The molecule has 14 heteroatoms. The number of aromatic nitrogens is 4. The van der Waals surface area contributed by atoms with E-state index in [-0.39, 0.29) is 49.8 Å². The van der Waals surface area contributed by atoms with E-state index in [1.54, 1.807) is 9.80 Å². The number of piperidine rings is 1. The highest BCUT2D eigenvalue weighted by molar-refractivity contribution is 5.75. The lowest BCUT2D eigenvalue weighted by molar-refractivity contribution is -0.145. The fraction of sp³-hybridized carbons (Fsp3) is 0.591. The van der Waals surface area contributed by atoms with Crippen molar-refractivity contribution in [1.82, 2.24) is 24.8 Å². The van der Waals surface area contributed by atoms with Crippen molar-refractivity contribution in [3.63, 3.8) is 0 Å². The summed E-state index contributed by atoms with van der Waals surface area (Å²) < 4.78 is 53.9. The van der Waals surface area contributed by atoms with Gasteiger partial charge in [-0.3, -0.25) is 9.69 Å². The van der Waals surface area contributed by atoms with Crippen LogP contribution in [0.15, 0.2) is 18.7 Å². The third-order valence-corrected chi connectivity index (χ3v) is 6.59. The number of nitrogens with zero attached hydrogens (tertiary/aromatic N) is 6. The second-order valence-electron chi connectivity index (χ2n) is 9.18. The molecular weight excluding hydrogens is 484 g/mol. The summed E-state index contributed by atoms with van der Waals surface area (Å²) in [7, 11) is 0. The van der Waals surface area contributed by atoms with Gasteiger partial charge >= 0.3 is 6.18 Å². The number of carbonyl (C=O) groups is 1. The zero-order chi connectivity index (χ0) is 25.9. The Morgan fingerprint density at radius 3 is 2.50 bits per heavy atom. The molecule has 10 nitrogen and oxygen atoms in total. The number of carbonyl (C=O) groups excluding carboxylic acids is 1. The van der Waals surface area contributed by atoms with Gasteiger partial charge < -0.3 is 21.1 Å². The number of hydrogen-bond acceptors (Lipinski definition) is 9. The van der Waals surface area contributed by atoms with Gasteiger partial charge in [-0.25, -0.2) is 19.9 Å². The summed E-state index contributed by atoms with van der Waals surface area (Å²) in [6.07, 6.45) is 1.17. The van der Waals surface area contributed by atoms with Crippen LogP contribution in [-0.4, -0.2) is 74.2 Å².